The highest BCUT2D eigenvalue weighted by molar-refractivity contribution is 6.07. The highest BCUT2D eigenvalue weighted by atomic mass is 16.6. The van der Waals surface area contributed by atoms with E-state index < -0.39 is 16.9 Å². The van der Waals surface area contributed by atoms with E-state index in [4.69, 9.17) is 14.6 Å². The summed E-state index contributed by atoms with van der Waals surface area (Å²) in [5.41, 5.74) is 1.04. The molecule has 0 bridgehead atoms. The minimum absolute atomic E-state index is 0.0120. The van der Waals surface area contributed by atoms with Gasteiger partial charge >= 0.3 is 11.9 Å². The zero-order valence-corrected chi connectivity index (χ0v) is 17.4. The van der Waals surface area contributed by atoms with Crippen molar-refractivity contribution in [3.8, 4) is 11.1 Å². The van der Waals surface area contributed by atoms with Gasteiger partial charge in [0.15, 0.2) is 0 Å². The second-order valence-corrected chi connectivity index (χ2v) is 7.39. The van der Waals surface area contributed by atoms with Crippen LogP contribution in [0.4, 0.5) is 5.69 Å². The molecule has 1 aliphatic rings. The molecule has 0 saturated heterocycles. The summed E-state index contributed by atoms with van der Waals surface area (Å²) < 4.78 is 10.8. The minimum atomic E-state index is -0.782. The van der Waals surface area contributed by atoms with Crippen LogP contribution in [0, 0.1) is 24.0 Å². The number of aliphatic hydroxyl groups is 1. The number of hydrogen-bond donors (Lipinski definition) is 1. The van der Waals surface area contributed by atoms with E-state index >= 15 is 0 Å². The summed E-state index contributed by atoms with van der Waals surface area (Å²) in [6.45, 7) is 2.62. The summed E-state index contributed by atoms with van der Waals surface area (Å²) >= 11 is 0. The molecule has 2 aromatic rings. The SMILES string of the molecule is Cc1nc(C)c(C(=O)OC2CCCC2)c(-c2cccc([N+](=O)[O-])c2)c1C(=O)OCCO. The first-order chi connectivity index (χ1) is 14.8. The Morgan fingerprint density at radius 1 is 1.16 bits per heavy atom. The molecule has 1 aliphatic carbocycles. The number of ether oxygens (including phenoxy) is 2. The zero-order valence-electron chi connectivity index (χ0n) is 17.4. The fourth-order valence-electron chi connectivity index (χ4n) is 3.84. The standard InChI is InChI=1S/C22H24N2O7/c1-13-18(21(26)30-11-10-25)20(15-6-5-7-16(12-15)24(28)29)19(14(2)23-13)22(27)31-17-8-3-4-9-17/h5-7,12,17,25H,3-4,8-11H2,1-2H3. The molecule has 3 rings (SSSR count). The molecule has 0 amide bonds. The van der Waals surface area contributed by atoms with Crippen LogP contribution in [0.2, 0.25) is 0 Å². The molecule has 0 atom stereocenters. The van der Waals surface area contributed by atoms with Gasteiger partial charge in [0.1, 0.15) is 12.7 Å². The molecule has 1 heterocycles. The van der Waals surface area contributed by atoms with Crippen molar-refractivity contribution in [3.63, 3.8) is 0 Å². The van der Waals surface area contributed by atoms with Gasteiger partial charge in [-0.05, 0) is 45.1 Å². The smallest absolute Gasteiger partial charge is 0.340 e. The van der Waals surface area contributed by atoms with E-state index in [1.165, 1.54) is 18.2 Å². The molecule has 1 saturated carbocycles. The zero-order chi connectivity index (χ0) is 22.5. The fraction of sp³-hybridized carbons (Fsp3) is 0.409. The number of aryl methyl sites for hydroxylation is 2. The van der Waals surface area contributed by atoms with Gasteiger partial charge in [0.25, 0.3) is 5.69 Å². The topological polar surface area (TPSA) is 129 Å². The van der Waals surface area contributed by atoms with Crippen molar-refractivity contribution < 1.29 is 29.1 Å². The van der Waals surface area contributed by atoms with Crippen molar-refractivity contribution >= 4 is 17.6 Å². The molecule has 0 radical (unpaired) electrons. The molecule has 9 heteroatoms. The number of nitro groups is 1. The molecule has 1 fully saturated rings. The van der Waals surface area contributed by atoms with Crippen molar-refractivity contribution in [2.75, 3.05) is 13.2 Å². The third-order valence-electron chi connectivity index (χ3n) is 5.21. The van der Waals surface area contributed by atoms with Crippen LogP contribution in [0.25, 0.3) is 11.1 Å². The Kier molecular flexibility index (Phi) is 6.96. The van der Waals surface area contributed by atoms with Crippen LogP contribution in [0.3, 0.4) is 0 Å². The second kappa shape index (κ2) is 9.65. The molecule has 0 spiro atoms. The van der Waals surface area contributed by atoms with Crippen LogP contribution in [-0.4, -0.2) is 46.3 Å². The number of hydrogen-bond acceptors (Lipinski definition) is 8. The predicted octanol–water partition coefficient (Wildman–Crippen LogP) is 3.52. The van der Waals surface area contributed by atoms with E-state index in [1.54, 1.807) is 19.9 Å². The monoisotopic (exact) mass is 428 g/mol. The lowest BCUT2D eigenvalue weighted by Gasteiger charge is -2.19. The number of rotatable bonds is 7. The summed E-state index contributed by atoms with van der Waals surface area (Å²) in [6, 6.07) is 5.68. The lowest BCUT2D eigenvalue weighted by molar-refractivity contribution is -0.384. The molecule has 31 heavy (non-hydrogen) atoms. The van der Waals surface area contributed by atoms with Gasteiger partial charge < -0.3 is 14.6 Å². The third-order valence-corrected chi connectivity index (χ3v) is 5.21. The van der Waals surface area contributed by atoms with E-state index in [1.807, 2.05) is 0 Å². The number of non-ortho nitro benzene ring substituents is 1. The number of pyridine rings is 1. The number of carbonyl (C=O) groups excluding carboxylic acids is 2. The molecule has 0 aliphatic heterocycles. The number of benzene rings is 1. The van der Waals surface area contributed by atoms with E-state index in [2.05, 4.69) is 4.98 Å². The number of nitrogens with zero attached hydrogens (tertiary/aromatic N) is 2. The van der Waals surface area contributed by atoms with Gasteiger partial charge in [-0.15, -0.1) is 0 Å². The van der Waals surface area contributed by atoms with Crippen molar-refractivity contribution in [3.05, 3.63) is 56.9 Å². The lowest BCUT2D eigenvalue weighted by atomic mass is 9.92. The number of carbonyl (C=O) groups is 2. The number of aliphatic hydroxyl groups excluding tert-OH is 1. The summed E-state index contributed by atoms with van der Waals surface area (Å²) in [7, 11) is 0. The van der Waals surface area contributed by atoms with Gasteiger partial charge in [0, 0.05) is 17.7 Å². The first-order valence-corrected chi connectivity index (χ1v) is 10.1. The van der Waals surface area contributed by atoms with E-state index in [0.717, 1.165) is 25.7 Å². The third kappa shape index (κ3) is 4.88. The van der Waals surface area contributed by atoms with Crippen LogP contribution < -0.4 is 0 Å². The van der Waals surface area contributed by atoms with Crippen molar-refractivity contribution in [2.24, 2.45) is 0 Å². The fourth-order valence-corrected chi connectivity index (χ4v) is 3.84. The highest BCUT2D eigenvalue weighted by Crippen LogP contribution is 2.35. The Balaban J connectivity index is 2.21. The number of aromatic nitrogens is 1. The maximum atomic E-state index is 13.1. The van der Waals surface area contributed by atoms with Gasteiger partial charge in [0.05, 0.1) is 34.0 Å². The Morgan fingerprint density at radius 3 is 2.42 bits per heavy atom. The van der Waals surface area contributed by atoms with Crippen molar-refractivity contribution in [2.45, 2.75) is 45.6 Å². The maximum Gasteiger partial charge on any atom is 0.340 e. The van der Waals surface area contributed by atoms with Crippen molar-refractivity contribution in [1.82, 2.24) is 4.98 Å². The van der Waals surface area contributed by atoms with Gasteiger partial charge in [-0.25, -0.2) is 9.59 Å². The molecule has 164 valence electrons. The van der Waals surface area contributed by atoms with Gasteiger partial charge in [-0.3, -0.25) is 15.1 Å². The minimum Gasteiger partial charge on any atom is -0.460 e. The second-order valence-electron chi connectivity index (χ2n) is 7.39. The number of esters is 2. The maximum absolute atomic E-state index is 13.1. The average Bonchev–Trinajstić information content (AvgIpc) is 3.24. The summed E-state index contributed by atoms with van der Waals surface area (Å²) in [4.78, 5) is 41.1. The van der Waals surface area contributed by atoms with Crippen LogP contribution in [0.15, 0.2) is 24.3 Å². The average molecular weight is 428 g/mol. The van der Waals surface area contributed by atoms with E-state index in [-0.39, 0.29) is 41.7 Å². The normalized spacial score (nSPS) is 13.8. The van der Waals surface area contributed by atoms with Gasteiger partial charge in [-0.2, -0.15) is 0 Å². The summed E-state index contributed by atoms with van der Waals surface area (Å²) in [6.07, 6.45) is 3.26. The predicted molar refractivity (Wildman–Crippen MR) is 111 cm³/mol. The Bertz CT molecular complexity index is 1010. The molecular formula is C22H24N2O7. The molecular weight excluding hydrogens is 404 g/mol. The van der Waals surface area contributed by atoms with Crippen LogP contribution >= 0.6 is 0 Å². The van der Waals surface area contributed by atoms with Crippen LogP contribution in [0.1, 0.15) is 57.8 Å². The van der Waals surface area contributed by atoms with Crippen molar-refractivity contribution in [1.29, 1.82) is 0 Å². The largest absolute Gasteiger partial charge is 0.460 e. The quantitative estimate of drug-likeness (QED) is 0.403. The first-order valence-electron chi connectivity index (χ1n) is 10.1. The summed E-state index contributed by atoms with van der Waals surface area (Å²) in [5.74, 6) is -1.41. The lowest BCUT2D eigenvalue weighted by Crippen LogP contribution is -2.21. The Hall–Kier alpha value is -3.33. The summed E-state index contributed by atoms with van der Waals surface area (Å²) in [5, 5.41) is 20.3. The molecule has 0 unspecified atom stereocenters. The first kappa shape index (κ1) is 22.4. The number of nitro benzene ring substituents is 1. The molecule has 9 nitrogen and oxygen atoms in total. The van der Waals surface area contributed by atoms with E-state index in [0.29, 0.717) is 17.0 Å². The van der Waals surface area contributed by atoms with Crippen LogP contribution in [0.5, 0.6) is 0 Å². The van der Waals surface area contributed by atoms with Gasteiger partial charge in [0.2, 0.25) is 0 Å². The Morgan fingerprint density at radius 2 is 1.81 bits per heavy atom. The molecule has 1 aromatic heterocycles. The molecule has 1 N–H and O–H groups in total. The van der Waals surface area contributed by atoms with E-state index in [9.17, 15) is 19.7 Å². The van der Waals surface area contributed by atoms with Gasteiger partial charge in [-0.1, -0.05) is 12.1 Å². The van der Waals surface area contributed by atoms with Crippen LogP contribution in [-0.2, 0) is 9.47 Å². The highest BCUT2D eigenvalue weighted by Gasteiger charge is 2.30. The Labute approximate surface area is 179 Å². The molecule has 1 aromatic carbocycles.